The maximum absolute atomic E-state index is 12.5. The largest absolute Gasteiger partial charge is 0.376 e. The fourth-order valence-electron chi connectivity index (χ4n) is 2.53. The predicted octanol–water partition coefficient (Wildman–Crippen LogP) is 4.76. The van der Waals surface area contributed by atoms with Gasteiger partial charge in [-0.15, -0.1) is 10.2 Å². The third-order valence-corrected chi connectivity index (χ3v) is 5.99. The molecule has 0 saturated carbocycles. The second-order valence-corrected chi connectivity index (χ2v) is 8.64. The molecule has 1 amide bonds. The fraction of sp³-hybridized carbons (Fsp3) is 0.211. The van der Waals surface area contributed by atoms with Gasteiger partial charge in [-0.05, 0) is 37.3 Å². The van der Waals surface area contributed by atoms with Crippen LogP contribution in [0.15, 0.2) is 47.6 Å². The fourth-order valence-corrected chi connectivity index (χ4v) is 3.72. The van der Waals surface area contributed by atoms with Gasteiger partial charge < -0.3 is 15.2 Å². The molecule has 1 atom stereocenters. The van der Waals surface area contributed by atoms with Crippen LogP contribution in [0.2, 0.25) is 10.0 Å². The summed E-state index contributed by atoms with van der Waals surface area (Å²) in [5.74, 6) is 0.397. The van der Waals surface area contributed by atoms with E-state index in [1.54, 1.807) is 36.7 Å². The molecule has 0 aliphatic heterocycles. The highest BCUT2D eigenvalue weighted by atomic mass is 35.5. The lowest BCUT2D eigenvalue weighted by atomic mass is 10.3. The highest BCUT2D eigenvalue weighted by Crippen LogP contribution is 2.27. The highest BCUT2D eigenvalue weighted by molar-refractivity contribution is 8.00. The van der Waals surface area contributed by atoms with Gasteiger partial charge in [0.25, 0.3) is 5.69 Å². The van der Waals surface area contributed by atoms with E-state index in [9.17, 15) is 14.9 Å². The second-order valence-electron chi connectivity index (χ2n) is 6.49. The third kappa shape index (κ3) is 5.87. The highest BCUT2D eigenvalue weighted by Gasteiger charge is 2.19. The van der Waals surface area contributed by atoms with E-state index in [0.29, 0.717) is 38.9 Å². The number of rotatable bonds is 8. The molecule has 3 aromatic rings. The van der Waals surface area contributed by atoms with Crippen molar-refractivity contribution in [3.8, 4) is 0 Å². The zero-order valence-electron chi connectivity index (χ0n) is 16.5. The smallest absolute Gasteiger partial charge is 0.269 e. The molecule has 2 N–H and O–H groups in total. The molecule has 0 aliphatic rings. The maximum Gasteiger partial charge on any atom is 0.269 e. The Morgan fingerprint density at radius 2 is 1.94 bits per heavy atom. The van der Waals surface area contributed by atoms with Gasteiger partial charge >= 0.3 is 0 Å². The monoisotopic (exact) mass is 480 g/mol. The van der Waals surface area contributed by atoms with Crippen LogP contribution in [0.5, 0.6) is 0 Å². The summed E-state index contributed by atoms with van der Waals surface area (Å²) in [7, 11) is 1.81. The summed E-state index contributed by atoms with van der Waals surface area (Å²) in [5.41, 5.74) is 1.12. The lowest BCUT2D eigenvalue weighted by molar-refractivity contribution is -0.384. The summed E-state index contributed by atoms with van der Waals surface area (Å²) in [5, 5.41) is 26.1. The van der Waals surface area contributed by atoms with Crippen molar-refractivity contribution in [2.75, 3.05) is 10.6 Å². The Bertz CT molecular complexity index is 1110. The van der Waals surface area contributed by atoms with E-state index in [-0.39, 0.29) is 11.6 Å². The zero-order valence-corrected chi connectivity index (χ0v) is 18.8. The number of halogens is 2. The molecular weight excluding hydrogens is 463 g/mol. The predicted molar refractivity (Wildman–Crippen MR) is 122 cm³/mol. The van der Waals surface area contributed by atoms with E-state index >= 15 is 0 Å². The topological polar surface area (TPSA) is 115 Å². The quantitative estimate of drug-likeness (QED) is 0.271. The van der Waals surface area contributed by atoms with Gasteiger partial charge in [0.05, 0.1) is 27.4 Å². The number of nitro groups is 1. The molecule has 0 radical (unpaired) electrons. The number of nitrogens with one attached hydrogen (secondary N) is 2. The standard InChI is InChI=1S/C19H18Cl2N6O3S/c1-11(18(28)23-13-4-6-14(7-5-13)27(29)30)31-19-25-24-17(26(19)2)10-22-16-9-12(20)3-8-15(16)21/h3-9,11,22H,10H2,1-2H3,(H,23,28). The van der Waals surface area contributed by atoms with E-state index in [1.165, 1.54) is 36.0 Å². The molecular formula is C19H18Cl2N6O3S. The van der Waals surface area contributed by atoms with Crippen molar-refractivity contribution in [2.45, 2.75) is 23.9 Å². The van der Waals surface area contributed by atoms with Crippen molar-refractivity contribution >= 4 is 57.9 Å². The molecule has 1 aromatic heterocycles. The van der Waals surface area contributed by atoms with Crippen LogP contribution >= 0.6 is 35.0 Å². The molecule has 3 rings (SSSR count). The SMILES string of the molecule is CC(Sc1nnc(CNc2cc(Cl)ccc2Cl)n1C)C(=O)Nc1ccc([N+](=O)[O-])cc1. The average molecular weight is 481 g/mol. The van der Waals surface area contributed by atoms with Crippen LogP contribution in [-0.2, 0) is 18.4 Å². The van der Waals surface area contributed by atoms with Gasteiger partial charge in [-0.1, -0.05) is 35.0 Å². The maximum atomic E-state index is 12.5. The Morgan fingerprint density at radius 1 is 1.23 bits per heavy atom. The van der Waals surface area contributed by atoms with Crippen LogP contribution in [0.25, 0.3) is 0 Å². The molecule has 31 heavy (non-hydrogen) atoms. The van der Waals surface area contributed by atoms with Crippen LogP contribution in [0, 0.1) is 10.1 Å². The molecule has 0 spiro atoms. The van der Waals surface area contributed by atoms with Crippen LogP contribution in [-0.4, -0.2) is 30.8 Å². The molecule has 1 unspecified atom stereocenters. The molecule has 2 aromatic carbocycles. The first kappa shape index (κ1) is 22.9. The zero-order chi connectivity index (χ0) is 22.5. The molecule has 0 fully saturated rings. The Balaban J connectivity index is 1.59. The minimum Gasteiger partial charge on any atom is -0.376 e. The number of carbonyl (C=O) groups excluding carboxylic acids is 1. The van der Waals surface area contributed by atoms with Crippen molar-refractivity contribution in [3.05, 3.63) is 68.4 Å². The van der Waals surface area contributed by atoms with E-state index in [0.717, 1.165) is 0 Å². The first-order valence-electron chi connectivity index (χ1n) is 9.03. The number of non-ortho nitro benzene ring substituents is 1. The van der Waals surface area contributed by atoms with Gasteiger partial charge in [0, 0.05) is 29.9 Å². The van der Waals surface area contributed by atoms with Gasteiger partial charge in [0.1, 0.15) is 0 Å². The van der Waals surface area contributed by atoms with Gasteiger partial charge in [-0.3, -0.25) is 14.9 Å². The van der Waals surface area contributed by atoms with E-state index in [2.05, 4.69) is 20.8 Å². The summed E-state index contributed by atoms with van der Waals surface area (Å²) in [6.45, 7) is 2.11. The first-order chi connectivity index (χ1) is 14.7. The number of hydrogen-bond donors (Lipinski definition) is 2. The van der Waals surface area contributed by atoms with Gasteiger partial charge in [0.2, 0.25) is 5.91 Å². The summed E-state index contributed by atoms with van der Waals surface area (Å²) in [6.07, 6.45) is 0. The van der Waals surface area contributed by atoms with Crippen molar-refractivity contribution in [1.82, 2.24) is 14.8 Å². The molecule has 12 heteroatoms. The summed E-state index contributed by atoms with van der Waals surface area (Å²) in [4.78, 5) is 22.7. The lowest BCUT2D eigenvalue weighted by Crippen LogP contribution is -2.22. The van der Waals surface area contributed by atoms with Gasteiger partial charge in [0.15, 0.2) is 11.0 Å². The number of anilines is 2. The number of aromatic nitrogens is 3. The number of amides is 1. The van der Waals surface area contributed by atoms with Crippen molar-refractivity contribution in [1.29, 1.82) is 0 Å². The summed E-state index contributed by atoms with van der Waals surface area (Å²) in [6, 6.07) is 10.8. The lowest BCUT2D eigenvalue weighted by Gasteiger charge is -2.12. The second kappa shape index (κ2) is 9.99. The first-order valence-corrected chi connectivity index (χ1v) is 10.7. The van der Waals surface area contributed by atoms with E-state index in [1.807, 2.05) is 0 Å². The van der Waals surface area contributed by atoms with Crippen LogP contribution in [0.1, 0.15) is 12.7 Å². The number of hydrogen-bond acceptors (Lipinski definition) is 7. The molecule has 0 bridgehead atoms. The Kier molecular flexibility index (Phi) is 7.37. The molecule has 0 saturated heterocycles. The van der Waals surface area contributed by atoms with E-state index < -0.39 is 10.2 Å². The molecule has 1 heterocycles. The van der Waals surface area contributed by atoms with Crippen molar-refractivity contribution < 1.29 is 9.72 Å². The summed E-state index contributed by atoms with van der Waals surface area (Å²) >= 11 is 13.4. The minimum absolute atomic E-state index is 0.0419. The van der Waals surface area contributed by atoms with Gasteiger partial charge in [-0.25, -0.2) is 0 Å². The van der Waals surface area contributed by atoms with Crippen LogP contribution < -0.4 is 10.6 Å². The molecule has 162 valence electrons. The number of nitrogens with zero attached hydrogens (tertiary/aromatic N) is 4. The minimum atomic E-state index is -0.495. The summed E-state index contributed by atoms with van der Waals surface area (Å²) < 4.78 is 1.78. The third-order valence-electron chi connectivity index (χ3n) is 4.29. The molecule has 9 nitrogen and oxygen atoms in total. The number of carbonyl (C=O) groups is 1. The van der Waals surface area contributed by atoms with E-state index in [4.69, 9.17) is 23.2 Å². The van der Waals surface area contributed by atoms with Crippen LogP contribution in [0.3, 0.4) is 0 Å². The number of benzene rings is 2. The average Bonchev–Trinajstić information content (AvgIpc) is 3.08. The number of thioether (sulfide) groups is 1. The molecule has 0 aliphatic carbocycles. The van der Waals surface area contributed by atoms with Crippen molar-refractivity contribution in [2.24, 2.45) is 7.05 Å². The van der Waals surface area contributed by atoms with Crippen molar-refractivity contribution in [3.63, 3.8) is 0 Å². The Labute approximate surface area is 192 Å². The van der Waals surface area contributed by atoms with Gasteiger partial charge in [-0.2, -0.15) is 0 Å². The van der Waals surface area contributed by atoms with Crippen LogP contribution in [0.4, 0.5) is 17.1 Å². The number of nitro benzene ring substituents is 1. The Morgan fingerprint density at radius 3 is 2.61 bits per heavy atom. The normalized spacial score (nSPS) is 11.7. The Hall–Kier alpha value is -2.82.